The number of ether oxygens (including phenoxy) is 1. The standard InChI is InChI=1S/C22H27FN6O2/c1-14-21(15(2)28(3)27-14)18-12-19(26-25-18)22(30)24-13-20(29-8-10-31-11-9-29)16-4-6-17(23)7-5-16/h4-7,12,20H,8-11,13H2,1-3H3,(H,24,30)(H,25,26). The quantitative estimate of drug-likeness (QED) is 0.632. The van der Waals surface area contributed by atoms with Gasteiger partial charge in [-0.1, -0.05) is 12.1 Å². The van der Waals surface area contributed by atoms with E-state index in [1.165, 1.54) is 12.1 Å². The first kappa shape index (κ1) is 21.2. The zero-order chi connectivity index (χ0) is 22.0. The normalized spacial score (nSPS) is 15.7. The van der Waals surface area contributed by atoms with E-state index in [1.807, 2.05) is 20.9 Å². The molecule has 1 atom stereocenters. The maximum Gasteiger partial charge on any atom is 0.269 e. The van der Waals surface area contributed by atoms with Crippen molar-refractivity contribution in [2.45, 2.75) is 19.9 Å². The molecule has 2 aromatic heterocycles. The predicted molar refractivity (Wildman–Crippen MR) is 114 cm³/mol. The van der Waals surface area contributed by atoms with Crippen LogP contribution in [0.4, 0.5) is 4.39 Å². The number of nitrogens with zero attached hydrogens (tertiary/aromatic N) is 4. The first-order valence-corrected chi connectivity index (χ1v) is 10.4. The Bertz CT molecular complexity index is 1050. The zero-order valence-corrected chi connectivity index (χ0v) is 18.0. The van der Waals surface area contributed by atoms with Gasteiger partial charge in [0.1, 0.15) is 11.5 Å². The summed E-state index contributed by atoms with van der Waals surface area (Å²) in [5.74, 6) is -0.516. The van der Waals surface area contributed by atoms with Crippen molar-refractivity contribution >= 4 is 5.91 Å². The molecule has 1 aromatic carbocycles. The summed E-state index contributed by atoms with van der Waals surface area (Å²) in [5, 5.41) is 14.6. The van der Waals surface area contributed by atoms with Crippen LogP contribution in [0.5, 0.6) is 0 Å². The summed E-state index contributed by atoms with van der Waals surface area (Å²) in [6, 6.07) is 8.11. The number of benzene rings is 1. The molecule has 0 saturated carbocycles. The molecule has 4 rings (SSSR count). The highest BCUT2D eigenvalue weighted by molar-refractivity contribution is 5.93. The first-order valence-electron chi connectivity index (χ1n) is 10.4. The molecule has 1 unspecified atom stereocenters. The van der Waals surface area contributed by atoms with Crippen LogP contribution >= 0.6 is 0 Å². The fourth-order valence-corrected chi connectivity index (χ4v) is 4.03. The zero-order valence-electron chi connectivity index (χ0n) is 18.0. The van der Waals surface area contributed by atoms with E-state index >= 15 is 0 Å². The SMILES string of the molecule is Cc1nn(C)c(C)c1-c1cc(C(=O)NCC(c2ccc(F)cc2)N2CCOCC2)[nH]n1. The number of amides is 1. The maximum absolute atomic E-state index is 13.4. The largest absolute Gasteiger partial charge is 0.379 e. The van der Waals surface area contributed by atoms with Gasteiger partial charge in [-0.15, -0.1) is 0 Å². The Hall–Kier alpha value is -3.04. The number of nitrogens with one attached hydrogen (secondary N) is 2. The average molecular weight is 426 g/mol. The lowest BCUT2D eigenvalue weighted by molar-refractivity contribution is 0.0162. The number of aryl methyl sites for hydroxylation is 2. The molecule has 1 aliphatic rings. The lowest BCUT2D eigenvalue weighted by Gasteiger charge is -2.34. The highest BCUT2D eigenvalue weighted by Gasteiger charge is 2.24. The van der Waals surface area contributed by atoms with Gasteiger partial charge in [0.25, 0.3) is 5.91 Å². The maximum atomic E-state index is 13.4. The van der Waals surface area contributed by atoms with Crippen LogP contribution in [0, 0.1) is 19.7 Å². The van der Waals surface area contributed by atoms with Crippen LogP contribution in [0.1, 0.15) is 33.5 Å². The fourth-order valence-electron chi connectivity index (χ4n) is 4.03. The van der Waals surface area contributed by atoms with Crippen LogP contribution in [-0.4, -0.2) is 63.6 Å². The van der Waals surface area contributed by atoms with Gasteiger partial charge < -0.3 is 10.1 Å². The summed E-state index contributed by atoms with van der Waals surface area (Å²) in [4.78, 5) is 15.1. The molecule has 0 spiro atoms. The third-order valence-corrected chi connectivity index (χ3v) is 5.78. The number of hydrogen-bond acceptors (Lipinski definition) is 5. The second kappa shape index (κ2) is 8.99. The van der Waals surface area contributed by atoms with Gasteiger partial charge in [-0.25, -0.2) is 4.39 Å². The number of carbonyl (C=O) groups excluding carboxylic acids is 1. The Morgan fingerprint density at radius 3 is 2.61 bits per heavy atom. The summed E-state index contributed by atoms with van der Waals surface area (Å²) >= 11 is 0. The molecule has 0 radical (unpaired) electrons. The molecule has 1 saturated heterocycles. The topological polar surface area (TPSA) is 88.1 Å². The molecule has 164 valence electrons. The van der Waals surface area contributed by atoms with Gasteiger partial charge in [0, 0.05) is 37.9 Å². The highest BCUT2D eigenvalue weighted by atomic mass is 19.1. The van der Waals surface area contributed by atoms with Crippen molar-refractivity contribution in [1.82, 2.24) is 30.2 Å². The van der Waals surface area contributed by atoms with Crippen molar-refractivity contribution in [2.24, 2.45) is 7.05 Å². The van der Waals surface area contributed by atoms with E-state index in [0.717, 1.165) is 35.6 Å². The predicted octanol–water partition coefficient (Wildman–Crippen LogP) is 2.37. The van der Waals surface area contributed by atoms with Crippen molar-refractivity contribution in [3.8, 4) is 11.3 Å². The van der Waals surface area contributed by atoms with Crippen LogP contribution in [0.15, 0.2) is 30.3 Å². The van der Waals surface area contributed by atoms with Gasteiger partial charge in [-0.3, -0.25) is 19.5 Å². The minimum Gasteiger partial charge on any atom is -0.379 e. The van der Waals surface area contributed by atoms with Crippen molar-refractivity contribution in [2.75, 3.05) is 32.8 Å². The summed E-state index contributed by atoms with van der Waals surface area (Å²) in [6.45, 7) is 7.08. The Morgan fingerprint density at radius 2 is 1.97 bits per heavy atom. The van der Waals surface area contributed by atoms with Crippen LogP contribution < -0.4 is 5.32 Å². The summed E-state index contributed by atoms with van der Waals surface area (Å²) in [7, 11) is 1.88. The van der Waals surface area contributed by atoms with Crippen molar-refractivity contribution in [1.29, 1.82) is 0 Å². The van der Waals surface area contributed by atoms with E-state index in [-0.39, 0.29) is 17.8 Å². The monoisotopic (exact) mass is 426 g/mol. The number of hydrogen-bond donors (Lipinski definition) is 2. The number of rotatable bonds is 6. The lowest BCUT2D eigenvalue weighted by Crippen LogP contribution is -2.43. The number of halogens is 1. The number of H-pyrrole nitrogens is 1. The van der Waals surface area contributed by atoms with Gasteiger partial charge in [0.15, 0.2) is 0 Å². The molecular weight excluding hydrogens is 399 g/mol. The molecule has 3 heterocycles. The molecular formula is C22H27FN6O2. The van der Waals surface area contributed by atoms with Gasteiger partial charge >= 0.3 is 0 Å². The third kappa shape index (κ3) is 4.52. The van der Waals surface area contributed by atoms with E-state index < -0.39 is 0 Å². The van der Waals surface area contributed by atoms with Crippen molar-refractivity contribution in [3.63, 3.8) is 0 Å². The highest BCUT2D eigenvalue weighted by Crippen LogP contribution is 2.25. The average Bonchev–Trinajstić information content (AvgIpc) is 3.34. The van der Waals surface area contributed by atoms with E-state index in [0.29, 0.717) is 31.1 Å². The van der Waals surface area contributed by atoms with Gasteiger partial charge in [-0.2, -0.15) is 10.2 Å². The third-order valence-electron chi connectivity index (χ3n) is 5.78. The van der Waals surface area contributed by atoms with Crippen molar-refractivity contribution < 1.29 is 13.9 Å². The second-order valence-electron chi connectivity index (χ2n) is 7.76. The van der Waals surface area contributed by atoms with Crippen LogP contribution in [0.25, 0.3) is 11.3 Å². The minimum absolute atomic E-state index is 0.0707. The molecule has 31 heavy (non-hydrogen) atoms. The van der Waals surface area contributed by atoms with Gasteiger partial charge in [0.05, 0.1) is 30.6 Å². The Balaban J connectivity index is 1.49. The molecule has 9 heteroatoms. The number of aromatic amines is 1. The van der Waals surface area contributed by atoms with E-state index in [1.54, 1.807) is 22.9 Å². The summed E-state index contributed by atoms with van der Waals surface area (Å²) in [6.07, 6.45) is 0. The van der Waals surface area contributed by atoms with Crippen molar-refractivity contribution in [3.05, 3.63) is 58.8 Å². The molecule has 0 bridgehead atoms. The molecule has 0 aliphatic carbocycles. The molecule has 1 aliphatic heterocycles. The Kier molecular flexibility index (Phi) is 6.15. The number of aromatic nitrogens is 4. The summed E-state index contributed by atoms with van der Waals surface area (Å²) in [5.41, 5.74) is 4.81. The van der Waals surface area contributed by atoms with Gasteiger partial charge in [0.2, 0.25) is 0 Å². The molecule has 2 N–H and O–H groups in total. The smallest absolute Gasteiger partial charge is 0.269 e. The number of carbonyl (C=O) groups is 1. The lowest BCUT2D eigenvalue weighted by atomic mass is 10.0. The Morgan fingerprint density at radius 1 is 1.26 bits per heavy atom. The van der Waals surface area contributed by atoms with Crippen LogP contribution in [-0.2, 0) is 11.8 Å². The second-order valence-corrected chi connectivity index (χ2v) is 7.76. The van der Waals surface area contributed by atoms with Crippen LogP contribution in [0.2, 0.25) is 0 Å². The van der Waals surface area contributed by atoms with E-state index in [2.05, 4.69) is 25.5 Å². The fraction of sp³-hybridized carbons (Fsp3) is 0.409. The molecule has 1 amide bonds. The minimum atomic E-state index is -0.278. The molecule has 3 aromatic rings. The Labute approximate surface area is 180 Å². The van der Waals surface area contributed by atoms with E-state index in [9.17, 15) is 9.18 Å². The van der Waals surface area contributed by atoms with Gasteiger partial charge in [-0.05, 0) is 37.6 Å². The first-order chi connectivity index (χ1) is 14.9. The number of morpholine rings is 1. The van der Waals surface area contributed by atoms with Crippen LogP contribution in [0.3, 0.4) is 0 Å². The summed E-state index contributed by atoms with van der Waals surface area (Å²) < 4.78 is 20.7. The van der Waals surface area contributed by atoms with E-state index in [4.69, 9.17) is 4.74 Å². The molecule has 1 fully saturated rings. The molecule has 8 nitrogen and oxygen atoms in total.